The Bertz CT molecular complexity index is 520. The number of carbonyl (C=O) groups is 2. The summed E-state index contributed by atoms with van der Waals surface area (Å²) >= 11 is 0. The third kappa shape index (κ3) is 2.53. The van der Waals surface area contributed by atoms with E-state index in [-0.39, 0.29) is 30.9 Å². The van der Waals surface area contributed by atoms with Crippen molar-refractivity contribution in [2.75, 3.05) is 13.2 Å². The molecule has 102 valence electrons. The Hall–Kier alpha value is -2.08. The fraction of sp³-hybridized carbons (Fsp3) is 0.385. The first-order valence-electron chi connectivity index (χ1n) is 5.88. The summed E-state index contributed by atoms with van der Waals surface area (Å²) < 4.78 is 5.05. The van der Waals surface area contributed by atoms with Gasteiger partial charge >= 0.3 is 5.97 Å². The molecule has 1 fully saturated rings. The smallest absolute Gasteiger partial charge is 0.331 e. The number of rotatable bonds is 3. The molecule has 0 bridgehead atoms. The van der Waals surface area contributed by atoms with Gasteiger partial charge in [0.15, 0.2) is 5.54 Å². The number of nitrogens with one attached hydrogen (secondary N) is 1. The highest BCUT2D eigenvalue weighted by atomic mass is 16.5. The van der Waals surface area contributed by atoms with Crippen molar-refractivity contribution in [2.45, 2.75) is 18.9 Å². The van der Waals surface area contributed by atoms with Crippen LogP contribution < -0.4 is 5.32 Å². The van der Waals surface area contributed by atoms with E-state index in [9.17, 15) is 19.8 Å². The molecule has 1 atom stereocenters. The molecule has 2 rings (SSSR count). The van der Waals surface area contributed by atoms with Crippen LogP contribution in [-0.4, -0.2) is 40.8 Å². The molecule has 6 heteroatoms. The Kier molecular flexibility index (Phi) is 3.44. The standard InChI is InChI=1S/C13H15NO5/c1-8-2-3-9(10(15)6-8)11(16)14-13(12(17)18)4-5-19-7-13/h2-3,6,15H,4-5,7H2,1H3,(H,14,16)(H,17,18). The third-order valence-corrected chi connectivity index (χ3v) is 3.18. The van der Waals surface area contributed by atoms with Gasteiger partial charge in [0.05, 0.1) is 12.2 Å². The van der Waals surface area contributed by atoms with Gasteiger partial charge in [0.2, 0.25) is 0 Å². The molecule has 3 N–H and O–H groups in total. The van der Waals surface area contributed by atoms with Crippen LogP contribution in [0.4, 0.5) is 0 Å². The maximum atomic E-state index is 12.1. The first-order chi connectivity index (χ1) is 8.94. The molecule has 0 radical (unpaired) electrons. The highest BCUT2D eigenvalue weighted by Crippen LogP contribution is 2.23. The molecule has 19 heavy (non-hydrogen) atoms. The topological polar surface area (TPSA) is 95.9 Å². The van der Waals surface area contributed by atoms with Gasteiger partial charge < -0.3 is 20.3 Å². The minimum atomic E-state index is -1.41. The fourth-order valence-electron chi connectivity index (χ4n) is 2.00. The first kappa shape index (κ1) is 13.4. The summed E-state index contributed by atoms with van der Waals surface area (Å²) in [6.45, 7) is 2.00. The van der Waals surface area contributed by atoms with Crippen LogP contribution in [0.25, 0.3) is 0 Å². The van der Waals surface area contributed by atoms with Gasteiger partial charge in [-0.3, -0.25) is 4.79 Å². The predicted molar refractivity (Wildman–Crippen MR) is 66.1 cm³/mol. The highest BCUT2D eigenvalue weighted by molar-refractivity contribution is 6.00. The Balaban J connectivity index is 2.22. The summed E-state index contributed by atoms with van der Waals surface area (Å²) in [5, 5.41) is 21.4. The molecule has 1 aliphatic rings. The predicted octanol–water partition coefficient (Wildman–Crippen LogP) is 0.674. The second-order valence-corrected chi connectivity index (χ2v) is 4.66. The number of ether oxygens (including phenoxy) is 1. The molecule has 1 heterocycles. The molecule has 0 aliphatic carbocycles. The second kappa shape index (κ2) is 4.89. The summed E-state index contributed by atoms with van der Waals surface area (Å²) in [5.41, 5.74) is -0.543. The number of aliphatic carboxylic acids is 1. The third-order valence-electron chi connectivity index (χ3n) is 3.18. The summed E-state index contributed by atoms with van der Waals surface area (Å²) in [6.07, 6.45) is 0.209. The monoisotopic (exact) mass is 265 g/mol. The lowest BCUT2D eigenvalue weighted by Crippen LogP contribution is -2.55. The van der Waals surface area contributed by atoms with Crippen LogP contribution in [0, 0.1) is 6.92 Å². The lowest BCUT2D eigenvalue weighted by molar-refractivity contribution is -0.144. The summed E-state index contributed by atoms with van der Waals surface area (Å²) in [6, 6.07) is 4.59. The van der Waals surface area contributed by atoms with E-state index in [4.69, 9.17) is 4.74 Å². The van der Waals surface area contributed by atoms with Crippen LogP contribution in [0.15, 0.2) is 18.2 Å². The van der Waals surface area contributed by atoms with Crippen molar-refractivity contribution in [3.05, 3.63) is 29.3 Å². The van der Waals surface area contributed by atoms with Gasteiger partial charge in [-0.1, -0.05) is 6.07 Å². The van der Waals surface area contributed by atoms with Crippen LogP contribution in [-0.2, 0) is 9.53 Å². The van der Waals surface area contributed by atoms with Gasteiger partial charge in [0.1, 0.15) is 5.75 Å². The number of benzene rings is 1. The van der Waals surface area contributed by atoms with Crippen LogP contribution in [0.3, 0.4) is 0 Å². The molecule has 1 aromatic rings. The Morgan fingerprint density at radius 3 is 2.68 bits per heavy atom. The Morgan fingerprint density at radius 2 is 2.16 bits per heavy atom. The number of carboxylic acid groups (broad SMARTS) is 1. The summed E-state index contributed by atoms with van der Waals surface area (Å²) in [5.74, 6) is -1.92. The zero-order valence-corrected chi connectivity index (χ0v) is 10.5. The van der Waals surface area contributed by atoms with Crippen molar-refractivity contribution < 1.29 is 24.5 Å². The molecule has 1 unspecified atom stereocenters. The Morgan fingerprint density at radius 1 is 1.42 bits per heavy atom. The van der Waals surface area contributed by atoms with E-state index >= 15 is 0 Å². The van der Waals surface area contributed by atoms with Crippen molar-refractivity contribution >= 4 is 11.9 Å². The van der Waals surface area contributed by atoms with Crippen molar-refractivity contribution in [2.24, 2.45) is 0 Å². The van der Waals surface area contributed by atoms with Crippen LogP contribution >= 0.6 is 0 Å². The summed E-state index contributed by atoms with van der Waals surface area (Å²) in [4.78, 5) is 23.3. The number of carbonyl (C=O) groups excluding carboxylic acids is 1. The van der Waals surface area contributed by atoms with Gasteiger partial charge in [0, 0.05) is 13.0 Å². The maximum absolute atomic E-state index is 12.1. The van der Waals surface area contributed by atoms with E-state index in [1.165, 1.54) is 12.1 Å². The SMILES string of the molecule is Cc1ccc(C(=O)NC2(C(=O)O)CCOC2)c(O)c1. The number of phenols is 1. The van der Waals surface area contributed by atoms with Crippen LogP contribution in [0.1, 0.15) is 22.3 Å². The molecule has 0 aromatic heterocycles. The molecule has 1 amide bonds. The zero-order chi connectivity index (χ0) is 14.0. The number of aryl methyl sites for hydroxylation is 1. The van der Waals surface area contributed by atoms with Gasteiger partial charge in [-0.15, -0.1) is 0 Å². The largest absolute Gasteiger partial charge is 0.507 e. The second-order valence-electron chi connectivity index (χ2n) is 4.66. The fourth-order valence-corrected chi connectivity index (χ4v) is 2.00. The lowest BCUT2D eigenvalue weighted by Gasteiger charge is -2.23. The van der Waals surface area contributed by atoms with E-state index in [1.54, 1.807) is 13.0 Å². The minimum absolute atomic E-state index is 0.0538. The molecular formula is C13H15NO5. The van der Waals surface area contributed by atoms with E-state index in [0.717, 1.165) is 5.56 Å². The minimum Gasteiger partial charge on any atom is -0.507 e. The Labute approximate surface area is 110 Å². The molecule has 0 saturated carbocycles. The van der Waals surface area contributed by atoms with Crippen LogP contribution in [0.2, 0.25) is 0 Å². The lowest BCUT2D eigenvalue weighted by atomic mass is 9.98. The van der Waals surface area contributed by atoms with Gasteiger partial charge in [0.25, 0.3) is 5.91 Å². The van der Waals surface area contributed by atoms with Crippen LogP contribution in [0.5, 0.6) is 5.75 Å². The molecule has 0 spiro atoms. The quantitative estimate of drug-likeness (QED) is 0.746. The number of amides is 1. The molecule has 1 saturated heterocycles. The van der Waals surface area contributed by atoms with Gasteiger partial charge in [-0.05, 0) is 24.6 Å². The zero-order valence-electron chi connectivity index (χ0n) is 10.5. The first-order valence-corrected chi connectivity index (χ1v) is 5.88. The molecule has 1 aromatic carbocycles. The number of hydrogen-bond acceptors (Lipinski definition) is 4. The average molecular weight is 265 g/mol. The molecule has 6 nitrogen and oxygen atoms in total. The molecule has 1 aliphatic heterocycles. The highest BCUT2D eigenvalue weighted by Gasteiger charge is 2.44. The van der Waals surface area contributed by atoms with E-state index in [1.807, 2.05) is 0 Å². The van der Waals surface area contributed by atoms with E-state index in [2.05, 4.69) is 5.32 Å². The number of hydrogen-bond donors (Lipinski definition) is 3. The number of carboxylic acids is 1. The number of aromatic hydroxyl groups is 1. The van der Waals surface area contributed by atoms with Gasteiger partial charge in [-0.2, -0.15) is 0 Å². The van der Waals surface area contributed by atoms with Gasteiger partial charge in [-0.25, -0.2) is 4.79 Å². The van der Waals surface area contributed by atoms with Crippen molar-refractivity contribution in [1.29, 1.82) is 0 Å². The number of phenolic OH excluding ortho intramolecular Hbond substituents is 1. The van der Waals surface area contributed by atoms with Crippen molar-refractivity contribution in [1.82, 2.24) is 5.32 Å². The normalized spacial score (nSPS) is 22.2. The van der Waals surface area contributed by atoms with Crippen molar-refractivity contribution in [3.63, 3.8) is 0 Å². The van der Waals surface area contributed by atoms with Crippen molar-refractivity contribution in [3.8, 4) is 5.75 Å². The van der Waals surface area contributed by atoms with E-state index < -0.39 is 17.4 Å². The maximum Gasteiger partial charge on any atom is 0.331 e. The summed E-state index contributed by atoms with van der Waals surface area (Å²) in [7, 11) is 0. The van der Waals surface area contributed by atoms with E-state index in [0.29, 0.717) is 0 Å². The molecular weight excluding hydrogens is 250 g/mol. The average Bonchev–Trinajstić information content (AvgIpc) is 2.78.